The third-order valence-corrected chi connectivity index (χ3v) is 4.45. The Balaban J connectivity index is 2.33. The van der Waals surface area contributed by atoms with Gasteiger partial charge in [0.15, 0.2) is 4.90 Å². The van der Waals surface area contributed by atoms with Crippen molar-refractivity contribution in [2.24, 2.45) is 0 Å². The minimum absolute atomic E-state index is 0.252. The lowest BCUT2D eigenvalue weighted by molar-refractivity contribution is 0.521. The molecule has 0 bridgehead atoms. The van der Waals surface area contributed by atoms with Crippen molar-refractivity contribution in [2.75, 3.05) is 4.72 Å². The maximum atomic E-state index is 13.6. The summed E-state index contributed by atoms with van der Waals surface area (Å²) in [7, 11) is -4.31. The van der Waals surface area contributed by atoms with Gasteiger partial charge in [-0.3, -0.25) is 4.72 Å². The van der Waals surface area contributed by atoms with Crippen molar-refractivity contribution in [1.82, 2.24) is 0 Å². The van der Waals surface area contributed by atoms with Gasteiger partial charge in [-0.25, -0.2) is 17.2 Å². The number of hydrogen-bond acceptors (Lipinski definition) is 2. The second-order valence-electron chi connectivity index (χ2n) is 4.93. The summed E-state index contributed by atoms with van der Waals surface area (Å²) in [5.74, 6) is -1.94. The van der Waals surface area contributed by atoms with Crippen molar-refractivity contribution in [2.45, 2.75) is 24.7 Å². The van der Waals surface area contributed by atoms with E-state index in [0.717, 1.165) is 23.8 Å². The second kappa shape index (κ2) is 5.81. The van der Waals surface area contributed by atoms with Crippen LogP contribution in [-0.4, -0.2) is 8.42 Å². The molecule has 112 valence electrons. The van der Waals surface area contributed by atoms with Gasteiger partial charge in [0.2, 0.25) is 0 Å². The first-order chi connectivity index (χ1) is 9.81. The van der Waals surface area contributed by atoms with Gasteiger partial charge < -0.3 is 0 Å². The Bertz CT molecular complexity index is 721. The fraction of sp³-hybridized carbons (Fsp3) is 0.200. The quantitative estimate of drug-likeness (QED) is 0.931. The molecule has 6 heteroatoms. The van der Waals surface area contributed by atoms with Crippen LogP contribution in [0.5, 0.6) is 0 Å². The van der Waals surface area contributed by atoms with Crippen molar-refractivity contribution >= 4 is 15.7 Å². The molecule has 0 atom stereocenters. The van der Waals surface area contributed by atoms with E-state index in [1.807, 2.05) is 13.8 Å². The van der Waals surface area contributed by atoms with Gasteiger partial charge in [0.05, 0.1) is 0 Å². The molecule has 0 heterocycles. The molecule has 1 N–H and O–H groups in total. The van der Waals surface area contributed by atoms with E-state index < -0.39 is 26.6 Å². The monoisotopic (exact) mass is 311 g/mol. The maximum Gasteiger partial charge on any atom is 0.267 e. The highest BCUT2D eigenvalue weighted by molar-refractivity contribution is 7.92. The molecule has 2 rings (SSSR count). The molecule has 0 saturated heterocycles. The molecule has 0 aliphatic carbocycles. The fourth-order valence-electron chi connectivity index (χ4n) is 1.88. The molecule has 0 aliphatic rings. The smallest absolute Gasteiger partial charge is 0.267 e. The molecule has 0 amide bonds. The number of benzene rings is 2. The highest BCUT2D eigenvalue weighted by Crippen LogP contribution is 2.23. The molecule has 0 unspecified atom stereocenters. The van der Waals surface area contributed by atoms with E-state index >= 15 is 0 Å². The zero-order chi connectivity index (χ0) is 15.6. The van der Waals surface area contributed by atoms with E-state index in [1.54, 1.807) is 24.3 Å². The van der Waals surface area contributed by atoms with Crippen LogP contribution in [0.1, 0.15) is 25.3 Å². The largest absolute Gasteiger partial charge is 0.279 e. The van der Waals surface area contributed by atoms with Crippen LogP contribution in [0.15, 0.2) is 47.4 Å². The van der Waals surface area contributed by atoms with Gasteiger partial charge in [0, 0.05) is 5.69 Å². The van der Waals surface area contributed by atoms with Crippen molar-refractivity contribution in [3.05, 3.63) is 59.7 Å². The first kappa shape index (κ1) is 15.4. The molecule has 3 nitrogen and oxygen atoms in total. The molecule has 0 fully saturated rings. The number of hydrogen-bond donors (Lipinski definition) is 1. The van der Waals surface area contributed by atoms with E-state index in [1.165, 1.54) is 0 Å². The molecule has 21 heavy (non-hydrogen) atoms. The summed E-state index contributed by atoms with van der Waals surface area (Å²) in [4.78, 5) is -0.974. The van der Waals surface area contributed by atoms with Crippen LogP contribution in [0.4, 0.5) is 14.5 Å². The Kier molecular flexibility index (Phi) is 4.27. The lowest BCUT2D eigenvalue weighted by Crippen LogP contribution is -2.16. The molecule has 0 spiro atoms. The average molecular weight is 311 g/mol. The summed E-state index contributed by atoms with van der Waals surface area (Å²) < 4.78 is 53.4. The summed E-state index contributed by atoms with van der Waals surface area (Å²) in [6.45, 7) is 4.02. The summed E-state index contributed by atoms with van der Waals surface area (Å²) >= 11 is 0. The van der Waals surface area contributed by atoms with Crippen molar-refractivity contribution in [1.29, 1.82) is 0 Å². The summed E-state index contributed by atoms with van der Waals surface area (Å²) in [5.41, 5.74) is 1.29. The predicted octanol–water partition coefficient (Wildman–Crippen LogP) is 3.89. The van der Waals surface area contributed by atoms with Crippen LogP contribution >= 0.6 is 0 Å². The van der Waals surface area contributed by atoms with Gasteiger partial charge in [-0.2, -0.15) is 0 Å². The minimum Gasteiger partial charge on any atom is -0.279 e. The third-order valence-electron chi connectivity index (χ3n) is 3.02. The topological polar surface area (TPSA) is 46.2 Å². The lowest BCUT2D eigenvalue weighted by Gasteiger charge is -2.11. The second-order valence-corrected chi connectivity index (χ2v) is 6.55. The first-order valence-corrected chi connectivity index (χ1v) is 7.86. The van der Waals surface area contributed by atoms with E-state index in [9.17, 15) is 17.2 Å². The fourth-order valence-corrected chi connectivity index (χ4v) is 3.08. The van der Waals surface area contributed by atoms with Gasteiger partial charge in [-0.15, -0.1) is 0 Å². The van der Waals surface area contributed by atoms with Crippen LogP contribution in [0, 0.1) is 11.6 Å². The molecule has 0 saturated carbocycles. The standard InChI is InChI=1S/C15H15F2NO2S/c1-10(2)11-6-8-12(9-7-11)18-21(19,20)15-13(16)4-3-5-14(15)17/h3-10,18H,1-2H3. The third kappa shape index (κ3) is 3.39. The molecule has 2 aromatic rings. The lowest BCUT2D eigenvalue weighted by atomic mass is 10.0. The zero-order valence-electron chi connectivity index (χ0n) is 11.6. The summed E-state index contributed by atoms with van der Waals surface area (Å²) in [6, 6.07) is 9.57. The number of sulfonamides is 1. The van der Waals surface area contributed by atoms with Crippen molar-refractivity contribution in [3.63, 3.8) is 0 Å². The van der Waals surface area contributed by atoms with E-state index in [0.29, 0.717) is 5.92 Å². The number of nitrogens with one attached hydrogen (secondary N) is 1. The normalized spacial score (nSPS) is 11.7. The van der Waals surface area contributed by atoms with E-state index in [-0.39, 0.29) is 5.69 Å². The predicted molar refractivity (Wildman–Crippen MR) is 77.7 cm³/mol. The highest BCUT2D eigenvalue weighted by atomic mass is 32.2. The molecular weight excluding hydrogens is 296 g/mol. The van der Waals surface area contributed by atoms with Crippen LogP contribution in [0.2, 0.25) is 0 Å². The molecule has 0 aliphatic heterocycles. The number of anilines is 1. The average Bonchev–Trinajstić information content (AvgIpc) is 2.38. The van der Waals surface area contributed by atoms with Crippen molar-refractivity contribution in [3.8, 4) is 0 Å². The Hall–Kier alpha value is -1.95. The van der Waals surface area contributed by atoms with Crippen molar-refractivity contribution < 1.29 is 17.2 Å². The zero-order valence-corrected chi connectivity index (χ0v) is 12.4. The van der Waals surface area contributed by atoms with Gasteiger partial charge >= 0.3 is 0 Å². The summed E-state index contributed by atoms with van der Waals surface area (Å²) in [6.07, 6.45) is 0. The Labute approximate surface area is 122 Å². The molecule has 2 aromatic carbocycles. The maximum absolute atomic E-state index is 13.6. The van der Waals surface area contributed by atoms with Gasteiger partial charge in [-0.05, 0) is 35.7 Å². The Morgan fingerprint density at radius 1 is 0.952 bits per heavy atom. The summed E-state index contributed by atoms with van der Waals surface area (Å²) in [5, 5.41) is 0. The van der Waals surface area contributed by atoms with Crippen LogP contribution < -0.4 is 4.72 Å². The minimum atomic E-state index is -4.31. The Morgan fingerprint density at radius 3 is 1.95 bits per heavy atom. The van der Waals surface area contributed by atoms with Crippen LogP contribution in [-0.2, 0) is 10.0 Å². The number of rotatable bonds is 4. The first-order valence-electron chi connectivity index (χ1n) is 6.38. The van der Waals surface area contributed by atoms with Gasteiger partial charge in [-0.1, -0.05) is 32.0 Å². The van der Waals surface area contributed by atoms with Gasteiger partial charge in [0.1, 0.15) is 11.6 Å². The molecule has 0 radical (unpaired) electrons. The molecular formula is C15H15F2NO2S. The SMILES string of the molecule is CC(C)c1ccc(NS(=O)(=O)c2c(F)cccc2F)cc1. The van der Waals surface area contributed by atoms with E-state index in [4.69, 9.17) is 0 Å². The highest BCUT2D eigenvalue weighted by Gasteiger charge is 2.23. The van der Waals surface area contributed by atoms with E-state index in [2.05, 4.69) is 4.72 Å². The number of halogens is 2. The van der Waals surface area contributed by atoms with Gasteiger partial charge in [0.25, 0.3) is 10.0 Å². The Morgan fingerprint density at radius 2 is 1.48 bits per heavy atom. The molecule has 0 aromatic heterocycles. The van der Waals surface area contributed by atoms with Crippen LogP contribution in [0.25, 0.3) is 0 Å². The van der Waals surface area contributed by atoms with Crippen LogP contribution in [0.3, 0.4) is 0 Å².